The van der Waals surface area contributed by atoms with Crippen LogP contribution in [0.5, 0.6) is 0 Å². The minimum atomic E-state index is -0.909. The highest BCUT2D eigenvalue weighted by molar-refractivity contribution is 14.1. The van der Waals surface area contributed by atoms with E-state index in [4.69, 9.17) is 25.6 Å². The van der Waals surface area contributed by atoms with E-state index in [0.29, 0.717) is 32.6 Å². The fraction of sp³-hybridized carbons (Fsp3) is 0.407. The van der Waals surface area contributed by atoms with Gasteiger partial charge in [0.1, 0.15) is 25.8 Å². The summed E-state index contributed by atoms with van der Waals surface area (Å²) in [7, 11) is 1.18. The van der Waals surface area contributed by atoms with Gasteiger partial charge in [0.2, 0.25) is 0 Å². The average Bonchev–Trinajstić information content (AvgIpc) is 3.52. The molecule has 0 aliphatic carbocycles. The molecule has 1 aromatic carbocycles. The summed E-state index contributed by atoms with van der Waals surface area (Å²) in [4.78, 5) is 17.3. The van der Waals surface area contributed by atoms with Crippen molar-refractivity contribution in [2.45, 2.75) is 64.3 Å². The van der Waals surface area contributed by atoms with Gasteiger partial charge in [0, 0.05) is 30.4 Å². The minimum Gasteiger partial charge on any atom is -0.442 e. The Morgan fingerprint density at radius 3 is 2.65 bits per heavy atom. The fourth-order valence-electron chi connectivity index (χ4n) is 4.76. The van der Waals surface area contributed by atoms with Gasteiger partial charge in [-0.25, -0.2) is 14.2 Å². The zero-order valence-electron chi connectivity index (χ0n) is 23.0. The molecule has 40 heavy (non-hydrogen) atoms. The van der Waals surface area contributed by atoms with Crippen LogP contribution in [0.4, 0.5) is 9.18 Å². The third kappa shape index (κ3) is 5.50. The van der Waals surface area contributed by atoms with Crippen LogP contribution in [0, 0.1) is 9.52 Å². The van der Waals surface area contributed by atoms with Crippen LogP contribution in [-0.2, 0) is 21.1 Å². The smallest absolute Gasteiger partial charge is 0.442 e. The molecule has 1 fully saturated rings. The molecule has 0 radical (unpaired) electrons. The molecular formula is C27H29BClFIN5O4. The van der Waals surface area contributed by atoms with Crippen LogP contribution in [0.25, 0.3) is 22.0 Å². The molecule has 1 atom stereocenters. The van der Waals surface area contributed by atoms with Crippen LogP contribution in [0.2, 0.25) is 5.15 Å². The van der Waals surface area contributed by atoms with Crippen LogP contribution in [0.1, 0.15) is 47.5 Å². The van der Waals surface area contributed by atoms with Crippen molar-refractivity contribution in [3.63, 3.8) is 0 Å². The van der Waals surface area contributed by atoms with Gasteiger partial charge in [0.05, 0.1) is 17.4 Å². The SMILES string of the molecule is Cn1cc(-c2cc(F)c3c(c2)c(I)nn3C(=O)OC(C)(C)CCC2(C)OB(c3ccnc(Cl)c3)OC2(C)C)cn1. The number of carbonyl (C=O) groups excluding carboxylic acids is 1. The van der Waals surface area contributed by atoms with Gasteiger partial charge in [-0.05, 0) is 105 Å². The summed E-state index contributed by atoms with van der Waals surface area (Å²) in [5.41, 5.74) is 0.00331. The van der Waals surface area contributed by atoms with Crippen LogP contribution in [0.15, 0.2) is 42.9 Å². The summed E-state index contributed by atoms with van der Waals surface area (Å²) in [6, 6.07) is 6.69. The third-order valence-electron chi connectivity index (χ3n) is 7.53. The zero-order valence-corrected chi connectivity index (χ0v) is 25.9. The normalized spacial score (nSPS) is 19.0. The Bertz CT molecular complexity index is 1610. The van der Waals surface area contributed by atoms with Crippen molar-refractivity contribution < 1.29 is 23.2 Å². The second kappa shape index (κ2) is 10.4. The Kier molecular flexibility index (Phi) is 7.51. The lowest BCUT2D eigenvalue weighted by atomic mass is 9.79. The molecule has 1 aliphatic rings. The van der Waals surface area contributed by atoms with Gasteiger partial charge in [-0.15, -0.1) is 0 Å². The molecule has 5 rings (SSSR count). The number of carbonyl (C=O) groups is 1. The standard InChI is InChI=1S/C27H29BClFIN5O4/c1-25(2,8-9-27(5)26(3,4)39-28(40-27)18-7-10-32-21(29)13-18)38-24(37)36-22-19(23(31)34-36)11-16(12-20(22)30)17-14-33-35(6)15-17/h7,10-15H,8-9H2,1-6H3. The van der Waals surface area contributed by atoms with Gasteiger partial charge < -0.3 is 14.0 Å². The topological polar surface area (TPSA) is 93.3 Å². The maximum atomic E-state index is 15.4. The van der Waals surface area contributed by atoms with Crippen molar-refractivity contribution in [1.82, 2.24) is 24.5 Å². The van der Waals surface area contributed by atoms with Crippen LogP contribution in [-0.4, -0.2) is 54.6 Å². The van der Waals surface area contributed by atoms with Crippen molar-refractivity contribution in [3.05, 3.63) is 57.5 Å². The van der Waals surface area contributed by atoms with Crippen molar-refractivity contribution in [1.29, 1.82) is 0 Å². The van der Waals surface area contributed by atoms with Crippen molar-refractivity contribution in [2.24, 2.45) is 7.05 Å². The third-order valence-corrected chi connectivity index (χ3v) is 8.53. The largest absolute Gasteiger partial charge is 0.495 e. The van der Waals surface area contributed by atoms with E-state index in [1.807, 2.05) is 57.2 Å². The molecule has 4 heterocycles. The molecule has 13 heteroatoms. The van der Waals surface area contributed by atoms with E-state index in [1.165, 1.54) is 6.07 Å². The predicted molar refractivity (Wildman–Crippen MR) is 159 cm³/mol. The second-order valence-electron chi connectivity index (χ2n) is 11.3. The lowest BCUT2D eigenvalue weighted by molar-refractivity contribution is -0.0389. The number of halogens is 3. The van der Waals surface area contributed by atoms with Gasteiger partial charge in [-0.1, -0.05) is 11.6 Å². The number of aryl methyl sites for hydroxylation is 1. The Balaban J connectivity index is 1.32. The molecule has 0 amide bonds. The molecule has 1 aliphatic heterocycles. The number of benzene rings is 1. The van der Waals surface area contributed by atoms with Crippen LogP contribution >= 0.6 is 34.2 Å². The van der Waals surface area contributed by atoms with Crippen LogP contribution in [0.3, 0.4) is 0 Å². The number of fused-ring (bicyclic) bond motifs is 1. The number of nitrogens with zero attached hydrogens (tertiary/aromatic N) is 5. The van der Waals surface area contributed by atoms with Crippen LogP contribution < -0.4 is 5.46 Å². The second-order valence-corrected chi connectivity index (χ2v) is 12.7. The lowest BCUT2D eigenvalue weighted by Crippen LogP contribution is -2.46. The highest BCUT2D eigenvalue weighted by Gasteiger charge is 2.54. The van der Waals surface area contributed by atoms with Gasteiger partial charge in [0.25, 0.3) is 0 Å². The number of aromatic nitrogens is 5. The number of hydrogen-bond acceptors (Lipinski definition) is 7. The first-order valence-electron chi connectivity index (χ1n) is 12.8. The van der Waals surface area contributed by atoms with Crippen molar-refractivity contribution in [3.8, 4) is 11.1 Å². The summed E-state index contributed by atoms with van der Waals surface area (Å²) < 4.78 is 37.0. The molecule has 0 bridgehead atoms. The predicted octanol–water partition coefficient (Wildman–Crippen LogP) is 5.75. The Morgan fingerprint density at radius 1 is 1.23 bits per heavy atom. The van der Waals surface area contributed by atoms with E-state index in [2.05, 4.69) is 15.2 Å². The minimum absolute atomic E-state index is 0.0670. The Morgan fingerprint density at radius 2 is 1.98 bits per heavy atom. The molecule has 3 aromatic heterocycles. The van der Waals surface area contributed by atoms with Gasteiger partial charge in [-0.3, -0.25) is 4.68 Å². The van der Waals surface area contributed by atoms with Gasteiger partial charge in [-0.2, -0.15) is 14.9 Å². The van der Waals surface area contributed by atoms with E-state index in [0.717, 1.165) is 15.7 Å². The summed E-state index contributed by atoms with van der Waals surface area (Å²) >= 11 is 8.06. The number of pyridine rings is 1. The molecule has 4 aromatic rings. The Labute approximate surface area is 250 Å². The highest BCUT2D eigenvalue weighted by atomic mass is 127. The molecule has 0 N–H and O–H groups in total. The maximum absolute atomic E-state index is 15.4. The molecule has 0 spiro atoms. The highest BCUT2D eigenvalue weighted by Crippen LogP contribution is 2.42. The van der Waals surface area contributed by atoms with E-state index in [1.54, 1.807) is 48.5 Å². The monoisotopic (exact) mass is 679 g/mol. The number of rotatable bonds is 6. The summed E-state index contributed by atoms with van der Waals surface area (Å²) in [5, 5.41) is 9.33. The van der Waals surface area contributed by atoms with Crippen molar-refractivity contribution in [2.75, 3.05) is 0 Å². The molecular weight excluding hydrogens is 650 g/mol. The van der Waals surface area contributed by atoms with E-state index >= 15 is 4.39 Å². The number of hydrogen-bond donors (Lipinski definition) is 0. The van der Waals surface area contributed by atoms with E-state index in [9.17, 15) is 4.79 Å². The van der Waals surface area contributed by atoms with Gasteiger partial charge >= 0.3 is 13.2 Å². The summed E-state index contributed by atoms with van der Waals surface area (Å²) in [6.45, 7) is 9.53. The van der Waals surface area contributed by atoms with E-state index < -0.39 is 35.8 Å². The van der Waals surface area contributed by atoms with E-state index in [-0.39, 0.29) is 5.52 Å². The Hall–Kier alpha value is -2.55. The first-order valence-corrected chi connectivity index (χ1v) is 14.2. The zero-order chi connectivity index (χ0) is 29.0. The summed E-state index contributed by atoms with van der Waals surface area (Å²) in [5.74, 6) is -0.574. The molecule has 210 valence electrons. The first-order chi connectivity index (χ1) is 18.7. The average molecular weight is 680 g/mol. The molecule has 1 saturated heterocycles. The first kappa shape index (κ1) is 29.0. The van der Waals surface area contributed by atoms with Crippen molar-refractivity contribution >= 4 is 63.8 Å². The molecule has 9 nitrogen and oxygen atoms in total. The summed E-state index contributed by atoms with van der Waals surface area (Å²) in [6.07, 6.45) is 5.28. The lowest BCUT2D eigenvalue weighted by Gasteiger charge is -2.38. The molecule has 1 unspecified atom stereocenters. The quantitative estimate of drug-likeness (QED) is 0.146. The number of ether oxygens (including phenoxy) is 1. The fourth-order valence-corrected chi connectivity index (χ4v) is 5.57. The maximum Gasteiger partial charge on any atom is 0.495 e. The molecule has 0 saturated carbocycles. The van der Waals surface area contributed by atoms with Gasteiger partial charge in [0.15, 0.2) is 0 Å².